The molecule has 0 saturated carbocycles. The molecule has 2 unspecified atom stereocenters. The number of hydrogen-bond acceptors (Lipinski definition) is 2. The molecule has 4 heteroatoms. The summed E-state index contributed by atoms with van der Waals surface area (Å²) in [6, 6.07) is 7.37. The quantitative estimate of drug-likeness (QED) is 0.723. The van der Waals surface area contributed by atoms with Crippen LogP contribution < -0.4 is 10.6 Å². The van der Waals surface area contributed by atoms with Crippen molar-refractivity contribution in [3.63, 3.8) is 0 Å². The Labute approximate surface area is 120 Å². The van der Waals surface area contributed by atoms with Gasteiger partial charge in [0.2, 0.25) is 0 Å². The number of rotatable bonds is 5. The molecule has 2 rings (SSSR count). The molecule has 0 spiro atoms. The topological polar surface area (TPSA) is 61.4 Å². The molecule has 0 radical (unpaired) electrons. The summed E-state index contributed by atoms with van der Waals surface area (Å²) in [7, 11) is 0. The molecule has 1 aromatic rings. The minimum atomic E-state index is -0.534. The molecule has 0 bridgehead atoms. The molecule has 1 aliphatic rings. The van der Waals surface area contributed by atoms with Crippen LogP contribution in [0.2, 0.25) is 0 Å². The number of benzene rings is 1. The summed E-state index contributed by atoms with van der Waals surface area (Å²) in [5.41, 5.74) is 2.14. The van der Waals surface area contributed by atoms with Crippen molar-refractivity contribution in [1.82, 2.24) is 10.6 Å². The molecule has 4 nitrogen and oxygen atoms in total. The average Bonchev–Trinajstić information content (AvgIpc) is 2.71. The van der Waals surface area contributed by atoms with Crippen LogP contribution in [-0.4, -0.2) is 23.8 Å². The van der Waals surface area contributed by atoms with Gasteiger partial charge in [0.25, 0.3) is 0 Å². The Balaban J connectivity index is 1.82. The van der Waals surface area contributed by atoms with E-state index in [2.05, 4.69) is 24.5 Å². The van der Waals surface area contributed by atoms with Gasteiger partial charge in [0.1, 0.15) is 0 Å². The Morgan fingerprint density at radius 1 is 1.40 bits per heavy atom. The zero-order valence-corrected chi connectivity index (χ0v) is 12.2. The minimum Gasteiger partial charge on any atom is -0.390 e. The molecule has 1 aliphatic carbocycles. The number of amides is 2. The lowest BCUT2D eigenvalue weighted by Crippen LogP contribution is -2.41. The van der Waals surface area contributed by atoms with E-state index < -0.39 is 6.10 Å². The first kappa shape index (κ1) is 14.9. The number of urea groups is 1. The van der Waals surface area contributed by atoms with Gasteiger partial charge in [0.15, 0.2) is 0 Å². The van der Waals surface area contributed by atoms with Gasteiger partial charge in [-0.15, -0.1) is 0 Å². The molecule has 2 atom stereocenters. The van der Waals surface area contributed by atoms with Gasteiger partial charge in [0.05, 0.1) is 12.1 Å². The van der Waals surface area contributed by atoms with E-state index in [1.807, 2.05) is 24.3 Å². The first-order chi connectivity index (χ1) is 9.58. The van der Waals surface area contributed by atoms with E-state index in [-0.39, 0.29) is 12.1 Å². The third-order valence-corrected chi connectivity index (χ3v) is 3.73. The SMILES string of the molecule is CC(C)CCCNC(=O)NC1c2ccccc2CC1O. The summed E-state index contributed by atoms with van der Waals surface area (Å²) in [4.78, 5) is 11.9. The van der Waals surface area contributed by atoms with Crippen molar-refractivity contribution in [2.45, 2.75) is 45.3 Å². The van der Waals surface area contributed by atoms with E-state index in [9.17, 15) is 9.90 Å². The molecule has 2 amide bonds. The van der Waals surface area contributed by atoms with Crippen molar-refractivity contribution in [1.29, 1.82) is 0 Å². The van der Waals surface area contributed by atoms with Gasteiger partial charge in [-0.05, 0) is 29.9 Å². The first-order valence-corrected chi connectivity index (χ1v) is 7.38. The molecule has 0 saturated heterocycles. The van der Waals surface area contributed by atoms with Crippen molar-refractivity contribution in [2.75, 3.05) is 6.54 Å². The van der Waals surface area contributed by atoms with E-state index in [0.29, 0.717) is 18.9 Å². The van der Waals surface area contributed by atoms with Gasteiger partial charge < -0.3 is 15.7 Å². The molecule has 110 valence electrons. The van der Waals surface area contributed by atoms with Gasteiger partial charge in [0, 0.05) is 13.0 Å². The van der Waals surface area contributed by atoms with Gasteiger partial charge in [-0.2, -0.15) is 0 Å². The fourth-order valence-electron chi connectivity index (χ4n) is 2.65. The Morgan fingerprint density at radius 2 is 2.15 bits per heavy atom. The molecule has 3 N–H and O–H groups in total. The van der Waals surface area contributed by atoms with Crippen molar-refractivity contribution in [3.8, 4) is 0 Å². The summed E-state index contributed by atoms with van der Waals surface area (Å²) in [5.74, 6) is 0.656. The number of carbonyl (C=O) groups is 1. The zero-order chi connectivity index (χ0) is 14.5. The number of hydrogen-bond donors (Lipinski definition) is 3. The Hall–Kier alpha value is -1.55. The predicted molar refractivity (Wildman–Crippen MR) is 79.5 cm³/mol. The summed E-state index contributed by atoms with van der Waals surface area (Å²) >= 11 is 0. The van der Waals surface area contributed by atoms with Crippen molar-refractivity contribution >= 4 is 6.03 Å². The lowest BCUT2D eigenvalue weighted by Gasteiger charge is -2.18. The smallest absolute Gasteiger partial charge is 0.315 e. The first-order valence-electron chi connectivity index (χ1n) is 7.38. The van der Waals surface area contributed by atoms with Crippen molar-refractivity contribution in [2.24, 2.45) is 5.92 Å². The average molecular weight is 276 g/mol. The largest absolute Gasteiger partial charge is 0.390 e. The molecule has 0 fully saturated rings. The van der Waals surface area contributed by atoms with Crippen LogP contribution >= 0.6 is 0 Å². The van der Waals surface area contributed by atoms with E-state index in [1.165, 1.54) is 0 Å². The minimum absolute atomic E-state index is 0.200. The van der Waals surface area contributed by atoms with E-state index in [0.717, 1.165) is 24.0 Å². The number of fused-ring (bicyclic) bond motifs is 1. The van der Waals surface area contributed by atoms with Crippen LogP contribution in [-0.2, 0) is 6.42 Å². The van der Waals surface area contributed by atoms with Gasteiger partial charge in [-0.25, -0.2) is 4.79 Å². The molecule has 0 aromatic heterocycles. The van der Waals surface area contributed by atoms with Crippen LogP contribution in [0.4, 0.5) is 4.79 Å². The van der Waals surface area contributed by atoms with Gasteiger partial charge >= 0.3 is 6.03 Å². The normalized spacial score (nSPS) is 20.8. The van der Waals surface area contributed by atoms with Gasteiger partial charge in [-0.1, -0.05) is 38.1 Å². The van der Waals surface area contributed by atoms with Crippen molar-refractivity contribution in [3.05, 3.63) is 35.4 Å². The second kappa shape index (κ2) is 6.75. The standard InChI is InChI=1S/C16H24N2O2/c1-11(2)6-5-9-17-16(20)18-15-13-8-4-3-7-12(13)10-14(15)19/h3-4,7-8,11,14-15,19H,5-6,9-10H2,1-2H3,(H2,17,18,20). The fourth-order valence-corrected chi connectivity index (χ4v) is 2.65. The maximum absolute atomic E-state index is 11.9. The highest BCUT2D eigenvalue weighted by atomic mass is 16.3. The zero-order valence-electron chi connectivity index (χ0n) is 12.2. The second-order valence-electron chi connectivity index (χ2n) is 5.88. The van der Waals surface area contributed by atoms with Crippen LogP contribution in [0.1, 0.15) is 43.9 Å². The van der Waals surface area contributed by atoms with Crippen LogP contribution in [0.3, 0.4) is 0 Å². The highest BCUT2D eigenvalue weighted by Gasteiger charge is 2.31. The number of nitrogens with one attached hydrogen (secondary N) is 2. The monoisotopic (exact) mass is 276 g/mol. The molecule has 0 heterocycles. The summed E-state index contributed by atoms with van der Waals surface area (Å²) in [6.07, 6.45) is 2.16. The van der Waals surface area contributed by atoms with E-state index in [1.54, 1.807) is 0 Å². The lowest BCUT2D eigenvalue weighted by molar-refractivity contribution is 0.142. The maximum Gasteiger partial charge on any atom is 0.315 e. The molecular weight excluding hydrogens is 252 g/mol. The third-order valence-electron chi connectivity index (χ3n) is 3.73. The predicted octanol–water partition coefficient (Wildman–Crippen LogP) is 2.38. The fraction of sp³-hybridized carbons (Fsp3) is 0.562. The molecule has 1 aromatic carbocycles. The highest BCUT2D eigenvalue weighted by molar-refractivity contribution is 5.74. The number of aliphatic hydroxyl groups excluding tert-OH is 1. The molecular formula is C16H24N2O2. The third kappa shape index (κ3) is 3.73. The van der Waals surface area contributed by atoms with Crippen LogP contribution in [0.15, 0.2) is 24.3 Å². The summed E-state index contributed by atoms with van der Waals surface area (Å²) in [6.45, 7) is 5.02. The Kier molecular flexibility index (Phi) is 5.01. The van der Waals surface area contributed by atoms with E-state index in [4.69, 9.17) is 0 Å². The van der Waals surface area contributed by atoms with Crippen LogP contribution in [0.5, 0.6) is 0 Å². The van der Waals surface area contributed by atoms with Crippen LogP contribution in [0.25, 0.3) is 0 Å². The molecule has 0 aliphatic heterocycles. The lowest BCUT2D eigenvalue weighted by atomic mass is 10.1. The van der Waals surface area contributed by atoms with Gasteiger partial charge in [-0.3, -0.25) is 0 Å². The number of aliphatic hydroxyl groups is 1. The highest BCUT2D eigenvalue weighted by Crippen LogP contribution is 2.30. The Bertz CT molecular complexity index is 460. The summed E-state index contributed by atoms with van der Waals surface area (Å²) < 4.78 is 0. The second-order valence-corrected chi connectivity index (χ2v) is 5.88. The van der Waals surface area contributed by atoms with Crippen LogP contribution in [0, 0.1) is 5.92 Å². The van der Waals surface area contributed by atoms with E-state index >= 15 is 0 Å². The number of carbonyl (C=O) groups excluding carboxylic acids is 1. The Morgan fingerprint density at radius 3 is 2.90 bits per heavy atom. The summed E-state index contributed by atoms with van der Waals surface area (Å²) in [5, 5.41) is 15.8. The maximum atomic E-state index is 11.9. The molecule has 20 heavy (non-hydrogen) atoms. The van der Waals surface area contributed by atoms with Crippen molar-refractivity contribution < 1.29 is 9.90 Å².